The van der Waals surface area contributed by atoms with Crippen molar-refractivity contribution in [2.75, 3.05) is 7.11 Å². The van der Waals surface area contributed by atoms with Crippen LogP contribution in [0.1, 0.15) is 18.6 Å². The summed E-state index contributed by atoms with van der Waals surface area (Å²) in [5, 5.41) is 9.86. The molecule has 0 aliphatic heterocycles. The van der Waals surface area contributed by atoms with Gasteiger partial charge in [-0.15, -0.1) is 0 Å². The van der Waals surface area contributed by atoms with E-state index >= 15 is 0 Å². The van der Waals surface area contributed by atoms with Gasteiger partial charge in [0.05, 0.1) is 22.7 Å². The van der Waals surface area contributed by atoms with Crippen molar-refractivity contribution in [2.45, 2.75) is 13.0 Å². The smallest absolute Gasteiger partial charge is 0.134 e. The molecule has 4 heteroatoms. The van der Waals surface area contributed by atoms with Gasteiger partial charge in [0.1, 0.15) is 5.75 Å². The number of hydrogen-bond acceptors (Lipinski definition) is 2. The molecule has 0 saturated heterocycles. The molecule has 1 aromatic carbocycles. The lowest BCUT2D eigenvalue weighted by molar-refractivity contribution is 0.199. The molecule has 0 heterocycles. The van der Waals surface area contributed by atoms with Crippen molar-refractivity contribution in [3.8, 4) is 5.75 Å². The molecule has 0 aliphatic carbocycles. The number of aliphatic hydroxyl groups is 1. The lowest BCUT2D eigenvalue weighted by atomic mass is 10.1. The molecule has 0 aromatic heterocycles. The second-order valence-electron chi connectivity index (χ2n) is 2.68. The minimum absolute atomic E-state index is 0.509. The van der Waals surface area contributed by atoms with E-state index in [1.807, 2.05) is 0 Å². The van der Waals surface area contributed by atoms with Crippen LogP contribution in [0.3, 0.4) is 0 Å². The van der Waals surface area contributed by atoms with Gasteiger partial charge in [-0.25, -0.2) is 0 Å². The number of ether oxygens (including phenoxy) is 1. The Balaban J connectivity index is 3.20. The molecule has 2 nitrogen and oxygen atoms in total. The molecule has 13 heavy (non-hydrogen) atoms. The summed E-state index contributed by atoms with van der Waals surface area (Å²) in [7, 11) is 1.57. The van der Waals surface area contributed by atoms with Crippen LogP contribution in [0.2, 0.25) is 5.02 Å². The maximum absolute atomic E-state index is 9.35. The number of halogens is 2. The number of aliphatic hydroxyl groups excluding tert-OH is 1. The van der Waals surface area contributed by atoms with Crippen LogP contribution in [0.4, 0.5) is 0 Å². The zero-order valence-electron chi connectivity index (χ0n) is 7.34. The molecule has 0 amide bonds. The van der Waals surface area contributed by atoms with E-state index < -0.39 is 6.10 Å². The predicted octanol–water partition coefficient (Wildman–Crippen LogP) is 3.16. The van der Waals surface area contributed by atoms with Crippen molar-refractivity contribution in [3.63, 3.8) is 0 Å². The van der Waals surface area contributed by atoms with Gasteiger partial charge in [-0.2, -0.15) is 0 Å². The summed E-state index contributed by atoms with van der Waals surface area (Å²) in [6, 6.07) is 3.43. The van der Waals surface area contributed by atoms with E-state index in [1.165, 1.54) is 0 Å². The Kier molecular flexibility index (Phi) is 3.59. The Morgan fingerprint density at radius 2 is 2.15 bits per heavy atom. The van der Waals surface area contributed by atoms with Crippen molar-refractivity contribution < 1.29 is 9.84 Å². The van der Waals surface area contributed by atoms with Crippen LogP contribution in [0, 0.1) is 0 Å². The minimum Gasteiger partial charge on any atom is -0.496 e. The van der Waals surface area contributed by atoms with Crippen LogP contribution in [0.25, 0.3) is 0 Å². The number of benzene rings is 1. The SMILES string of the molecule is COc1cc(Cl)c(C(C)O)cc1Br. The highest BCUT2D eigenvalue weighted by molar-refractivity contribution is 9.10. The monoisotopic (exact) mass is 264 g/mol. The van der Waals surface area contributed by atoms with Crippen LogP contribution in [0.15, 0.2) is 16.6 Å². The zero-order chi connectivity index (χ0) is 10.0. The average Bonchev–Trinajstić information content (AvgIpc) is 2.07. The first-order valence-corrected chi connectivity index (χ1v) is 4.94. The highest BCUT2D eigenvalue weighted by Crippen LogP contribution is 2.33. The highest BCUT2D eigenvalue weighted by Gasteiger charge is 2.10. The first-order chi connectivity index (χ1) is 6.06. The summed E-state index contributed by atoms with van der Waals surface area (Å²) < 4.78 is 5.83. The molecule has 0 spiro atoms. The van der Waals surface area contributed by atoms with Crippen molar-refractivity contribution in [2.24, 2.45) is 0 Å². The van der Waals surface area contributed by atoms with Crippen molar-refractivity contribution in [1.29, 1.82) is 0 Å². The normalized spacial score (nSPS) is 12.7. The van der Waals surface area contributed by atoms with Crippen LogP contribution in [0.5, 0.6) is 5.75 Å². The second-order valence-corrected chi connectivity index (χ2v) is 3.95. The summed E-state index contributed by atoms with van der Waals surface area (Å²) in [6.45, 7) is 1.67. The zero-order valence-corrected chi connectivity index (χ0v) is 9.69. The molecule has 0 saturated carbocycles. The van der Waals surface area contributed by atoms with E-state index in [2.05, 4.69) is 15.9 Å². The number of rotatable bonds is 2. The van der Waals surface area contributed by atoms with E-state index in [-0.39, 0.29) is 0 Å². The molecule has 0 bridgehead atoms. The van der Waals surface area contributed by atoms with Gasteiger partial charge < -0.3 is 9.84 Å². The summed E-state index contributed by atoms with van der Waals surface area (Å²) in [4.78, 5) is 0. The van der Waals surface area contributed by atoms with Gasteiger partial charge in [-0.1, -0.05) is 11.6 Å². The molecule has 1 N–H and O–H groups in total. The summed E-state index contributed by atoms with van der Waals surface area (Å²) >= 11 is 9.23. The average molecular weight is 266 g/mol. The molecular weight excluding hydrogens is 255 g/mol. The maximum atomic E-state index is 9.35. The van der Waals surface area contributed by atoms with E-state index in [9.17, 15) is 5.11 Å². The minimum atomic E-state index is -0.574. The van der Waals surface area contributed by atoms with Gasteiger partial charge in [0, 0.05) is 11.6 Å². The van der Waals surface area contributed by atoms with Crippen molar-refractivity contribution in [3.05, 3.63) is 27.2 Å². The summed E-state index contributed by atoms with van der Waals surface area (Å²) in [5.41, 5.74) is 0.689. The number of hydrogen-bond donors (Lipinski definition) is 1. The lowest BCUT2D eigenvalue weighted by Crippen LogP contribution is -1.94. The van der Waals surface area contributed by atoms with E-state index in [0.29, 0.717) is 16.3 Å². The van der Waals surface area contributed by atoms with Gasteiger partial charge in [-0.05, 0) is 28.9 Å². The molecule has 0 fully saturated rings. The predicted molar refractivity (Wildman–Crippen MR) is 56.3 cm³/mol. The van der Waals surface area contributed by atoms with Crippen LogP contribution < -0.4 is 4.74 Å². The fourth-order valence-electron chi connectivity index (χ4n) is 1.02. The molecule has 72 valence electrons. The Morgan fingerprint density at radius 1 is 1.54 bits per heavy atom. The van der Waals surface area contributed by atoms with Gasteiger partial charge in [0.2, 0.25) is 0 Å². The van der Waals surface area contributed by atoms with Crippen LogP contribution >= 0.6 is 27.5 Å². The maximum Gasteiger partial charge on any atom is 0.134 e. The molecule has 0 radical (unpaired) electrons. The van der Waals surface area contributed by atoms with Crippen molar-refractivity contribution in [1.82, 2.24) is 0 Å². The van der Waals surface area contributed by atoms with Gasteiger partial charge in [0.25, 0.3) is 0 Å². The van der Waals surface area contributed by atoms with Gasteiger partial charge in [-0.3, -0.25) is 0 Å². The molecule has 1 atom stereocenters. The third-order valence-corrected chi connectivity index (χ3v) is 2.67. The highest BCUT2D eigenvalue weighted by atomic mass is 79.9. The topological polar surface area (TPSA) is 29.5 Å². The Bertz CT molecular complexity index is 313. The Labute approximate surface area is 90.6 Å². The van der Waals surface area contributed by atoms with Crippen LogP contribution in [-0.2, 0) is 0 Å². The third-order valence-electron chi connectivity index (χ3n) is 1.72. The van der Waals surface area contributed by atoms with Crippen molar-refractivity contribution >= 4 is 27.5 Å². The third kappa shape index (κ3) is 2.36. The first-order valence-electron chi connectivity index (χ1n) is 3.77. The fourth-order valence-corrected chi connectivity index (χ4v) is 1.86. The molecular formula is C9H10BrClO2. The molecule has 0 aliphatic rings. The van der Waals surface area contributed by atoms with Gasteiger partial charge >= 0.3 is 0 Å². The Morgan fingerprint density at radius 3 is 2.62 bits per heavy atom. The Hall–Kier alpha value is -0.250. The first kappa shape index (κ1) is 10.8. The van der Waals surface area contributed by atoms with Crippen LogP contribution in [-0.4, -0.2) is 12.2 Å². The van der Waals surface area contributed by atoms with E-state index in [4.69, 9.17) is 16.3 Å². The lowest BCUT2D eigenvalue weighted by Gasteiger charge is -2.10. The largest absolute Gasteiger partial charge is 0.496 e. The second kappa shape index (κ2) is 4.31. The number of methoxy groups -OCH3 is 1. The molecule has 1 unspecified atom stereocenters. The molecule has 1 rings (SSSR count). The van der Waals surface area contributed by atoms with E-state index in [0.717, 1.165) is 4.47 Å². The summed E-state index contributed by atoms with van der Waals surface area (Å²) in [6.07, 6.45) is -0.574. The summed E-state index contributed by atoms with van der Waals surface area (Å²) in [5.74, 6) is 0.661. The standard InChI is InChI=1S/C9H10BrClO2/c1-5(12)6-3-7(10)9(13-2)4-8(6)11/h3-5,12H,1-2H3. The molecule has 1 aromatic rings. The van der Waals surface area contributed by atoms with E-state index in [1.54, 1.807) is 26.2 Å². The quantitative estimate of drug-likeness (QED) is 0.890. The fraction of sp³-hybridized carbons (Fsp3) is 0.333. The van der Waals surface area contributed by atoms with Gasteiger partial charge in [0.15, 0.2) is 0 Å².